The zero-order valence-electron chi connectivity index (χ0n) is 30.8. The maximum absolute atomic E-state index is 6.59. The van der Waals surface area contributed by atoms with Crippen LogP contribution in [0.3, 0.4) is 0 Å². The highest BCUT2D eigenvalue weighted by Gasteiger charge is 2.20. The molecule has 4 heteroatoms. The Morgan fingerprint density at radius 2 is 0.930 bits per heavy atom. The number of benzene rings is 9. The van der Waals surface area contributed by atoms with Crippen molar-refractivity contribution in [3.63, 3.8) is 0 Å². The second-order valence-electron chi connectivity index (χ2n) is 14.4. The summed E-state index contributed by atoms with van der Waals surface area (Å²) in [5, 5.41) is 4.37. The van der Waals surface area contributed by atoms with Gasteiger partial charge in [-0.15, -0.1) is 0 Å². The zero-order chi connectivity index (χ0) is 37.7. The van der Waals surface area contributed by atoms with Crippen LogP contribution in [0, 0.1) is 0 Å². The van der Waals surface area contributed by atoms with Crippen LogP contribution in [0.5, 0.6) is 0 Å². The lowest BCUT2D eigenvalue weighted by atomic mass is 10.0. The monoisotopic (exact) mass is 730 g/mol. The first kappa shape index (κ1) is 32.7. The van der Waals surface area contributed by atoms with Gasteiger partial charge in [-0.3, -0.25) is 0 Å². The molecule has 9 aromatic carbocycles. The van der Waals surface area contributed by atoms with Gasteiger partial charge in [0.15, 0.2) is 5.58 Å². The van der Waals surface area contributed by atoms with Crippen LogP contribution in [-0.4, -0.2) is 4.98 Å². The minimum atomic E-state index is 0.583. The number of hydrogen-bond donors (Lipinski definition) is 0. The van der Waals surface area contributed by atoms with Gasteiger partial charge in [0.1, 0.15) is 16.7 Å². The fraction of sp³-hybridized carbons (Fsp3) is 0. The quantitative estimate of drug-likeness (QED) is 0.164. The molecule has 0 bridgehead atoms. The third-order valence-electron chi connectivity index (χ3n) is 10.9. The molecule has 0 spiro atoms. The molecule has 2 aromatic heterocycles. The molecule has 0 saturated carbocycles. The molecular weight excluding hydrogens is 697 g/mol. The molecule has 0 amide bonds. The van der Waals surface area contributed by atoms with E-state index in [2.05, 4.69) is 193 Å². The summed E-state index contributed by atoms with van der Waals surface area (Å²) >= 11 is 0. The Morgan fingerprint density at radius 3 is 1.72 bits per heavy atom. The van der Waals surface area contributed by atoms with Gasteiger partial charge in [-0.25, -0.2) is 4.98 Å². The number of furan rings is 1. The van der Waals surface area contributed by atoms with Crippen molar-refractivity contribution in [2.45, 2.75) is 0 Å². The summed E-state index contributed by atoms with van der Waals surface area (Å²) in [6, 6.07) is 72.3. The Bertz CT molecular complexity index is 3220. The first-order valence-electron chi connectivity index (χ1n) is 19.2. The second kappa shape index (κ2) is 13.6. The molecule has 2 heterocycles. The molecule has 11 aromatic rings. The van der Waals surface area contributed by atoms with Crippen molar-refractivity contribution in [1.29, 1.82) is 0 Å². The Balaban J connectivity index is 0.999. The lowest BCUT2D eigenvalue weighted by Crippen LogP contribution is -2.10. The standard InChI is InChI=1S/C53H34N2O2/c1-3-10-35(11-4-1)38-18-21-40(22-19-38)53-54-48-30-31-49-51(52(48)57-53)47-29-28-46(34-50(47)56-49)55(45-17-9-16-42(33-45)36-12-5-2-6-13-36)44-26-24-39(25-27-44)43-23-20-37-14-7-8-15-41(37)32-43/h1-34H. The smallest absolute Gasteiger partial charge is 0.227 e. The lowest BCUT2D eigenvalue weighted by Gasteiger charge is -2.26. The fourth-order valence-electron chi connectivity index (χ4n) is 8.01. The fourth-order valence-corrected chi connectivity index (χ4v) is 8.01. The molecule has 0 radical (unpaired) electrons. The van der Waals surface area contributed by atoms with Gasteiger partial charge in [0, 0.05) is 34.1 Å². The summed E-state index contributed by atoms with van der Waals surface area (Å²) in [6.07, 6.45) is 0. The van der Waals surface area contributed by atoms with Crippen LogP contribution in [-0.2, 0) is 0 Å². The van der Waals surface area contributed by atoms with Crippen molar-refractivity contribution in [2.75, 3.05) is 4.90 Å². The number of aromatic nitrogens is 1. The van der Waals surface area contributed by atoms with Crippen LogP contribution in [0.25, 0.3) is 88.6 Å². The van der Waals surface area contributed by atoms with Gasteiger partial charge in [0.25, 0.3) is 0 Å². The summed E-state index contributed by atoms with van der Waals surface area (Å²) in [4.78, 5) is 7.20. The van der Waals surface area contributed by atoms with Gasteiger partial charge in [-0.1, -0.05) is 133 Å². The average Bonchev–Trinajstić information content (AvgIpc) is 3.89. The predicted molar refractivity (Wildman–Crippen MR) is 235 cm³/mol. The molecule has 11 rings (SSSR count). The van der Waals surface area contributed by atoms with Crippen molar-refractivity contribution in [3.05, 3.63) is 206 Å². The van der Waals surface area contributed by atoms with E-state index in [1.165, 1.54) is 27.5 Å². The van der Waals surface area contributed by atoms with Gasteiger partial charge in [0.05, 0.1) is 5.39 Å². The molecule has 57 heavy (non-hydrogen) atoms. The van der Waals surface area contributed by atoms with Crippen molar-refractivity contribution < 1.29 is 8.83 Å². The van der Waals surface area contributed by atoms with E-state index in [0.717, 1.165) is 72.4 Å². The molecule has 0 aliphatic carbocycles. The molecule has 0 N–H and O–H groups in total. The van der Waals surface area contributed by atoms with Gasteiger partial charge >= 0.3 is 0 Å². The van der Waals surface area contributed by atoms with Gasteiger partial charge < -0.3 is 13.7 Å². The number of rotatable bonds is 7. The van der Waals surface area contributed by atoms with Gasteiger partial charge in [-0.2, -0.15) is 0 Å². The Hall–Kier alpha value is -7.69. The number of fused-ring (bicyclic) bond motifs is 6. The second-order valence-corrected chi connectivity index (χ2v) is 14.4. The topological polar surface area (TPSA) is 42.4 Å². The summed E-state index contributed by atoms with van der Waals surface area (Å²) in [7, 11) is 0. The molecule has 268 valence electrons. The molecule has 0 aliphatic heterocycles. The highest BCUT2D eigenvalue weighted by molar-refractivity contribution is 6.17. The van der Waals surface area contributed by atoms with E-state index in [1.54, 1.807) is 0 Å². The van der Waals surface area contributed by atoms with Crippen LogP contribution in [0.4, 0.5) is 17.1 Å². The van der Waals surface area contributed by atoms with E-state index in [4.69, 9.17) is 13.8 Å². The summed E-state index contributed by atoms with van der Waals surface area (Å²) in [6.45, 7) is 0. The number of anilines is 3. The van der Waals surface area contributed by atoms with Gasteiger partial charge in [0.2, 0.25) is 5.89 Å². The number of oxazole rings is 1. The van der Waals surface area contributed by atoms with Crippen LogP contribution in [0.2, 0.25) is 0 Å². The van der Waals surface area contributed by atoms with Crippen molar-refractivity contribution >= 4 is 60.9 Å². The van der Waals surface area contributed by atoms with Crippen LogP contribution in [0.1, 0.15) is 0 Å². The van der Waals surface area contributed by atoms with E-state index >= 15 is 0 Å². The highest BCUT2D eigenvalue weighted by Crippen LogP contribution is 2.42. The predicted octanol–water partition coefficient (Wildman–Crippen LogP) is 15.0. The SMILES string of the molecule is c1ccc(-c2ccc(-c3nc4ccc5oc6cc(N(c7ccc(-c8ccc9ccccc9c8)cc7)c7cccc(-c8ccccc8)c7)ccc6c5c4o3)cc2)cc1. The normalized spacial score (nSPS) is 11.5. The van der Waals surface area contributed by atoms with Crippen molar-refractivity contribution in [3.8, 4) is 44.8 Å². The number of nitrogens with zero attached hydrogens (tertiary/aromatic N) is 2. The highest BCUT2D eigenvalue weighted by atomic mass is 16.4. The van der Waals surface area contributed by atoms with E-state index in [-0.39, 0.29) is 0 Å². The first-order chi connectivity index (χ1) is 28.2. The largest absolute Gasteiger partial charge is 0.456 e. The Labute approximate surface area is 329 Å². The van der Waals surface area contributed by atoms with E-state index in [0.29, 0.717) is 5.89 Å². The van der Waals surface area contributed by atoms with Crippen LogP contribution < -0.4 is 4.90 Å². The van der Waals surface area contributed by atoms with Crippen molar-refractivity contribution in [2.24, 2.45) is 0 Å². The molecule has 0 saturated heterocycles. The molecular formula is C53H34N2O2. The van der Waals surface area contributed by atoms with Gasteiger partial charge in [-0.05, 0) is 111 Å². The molecule has 0 fully saturated rings. The van der Waals surface area contributed by atoms with Crippen LogP contribution >= 0.6 is 0 Å². The number of hydrogen-bond acceptors (Lipinski definition) is 4. The lowest BCUT2D eigenvalue weighted by molar-refractivity contribution is 0.622. The average molecular weight is 731 g/mol. The zero-order valence-corrected chi connectivity index (χ0v) is 30.8. The first-order valence-corrected chi connectivity index (χ1v) is 19.2. The molecule has 0 atom stereocenters. The molecule has 4 nitrogen and oxygen atoms in total. The van der Waals surface area contributed by atoms with Crippen LogP contribution in [0.15, 0.2) is 215 Å². The third-order valence-corrected chi connectivity index (χ3v) is 10.9. The minimum Gasteiger partial charge on any atom is -0.456 e. The minimum absolute atomic E-state index is 0.583. The molecule has 0 unspecified atom stereocenters. The summed E-state index contributed by atoms with van der Waals surface area (Å²) in [5.41, 5.74) is 14.0. The Kier molecular flexibility index (Phi) is 7.78. The van der Waals surface area contributed by atoms with E-state index in [1.807, 2.05) is 18.2 Å². The van der Waals surface area contributed by atoms with Crippen molar-refractivity contribution in [1.82, 2.24) is 4.98 Å². The van der Waals surface area contributed by atoms with E-state index < -0.39 is 0 Å². The Morgan fingerprint density at radius 1 is 0.351 bits per heavy atom. The summed E-state index contributed by atoms with van der Waals surface area (Å²) in [5.74, 6) is 0.583. The molecule has 0 aliphatic rings. The summed E-state index contributed by atoms with van der Waals surface area (Å²) < 4.78 is 13.1. The van der Waals surface area contributed by atoms with E-state index in [9.17, 15) is 0 Å². The maximum atomic E-state index is 6.59. The third kappa shape index (κ3) is 5.92. The maximum Gasteiger partial charge on any atom is 0.227 e.